The molecule has 1 aliphatic heterocycles. The van der Waals surface area contributed by atoms with Crippen LogP contribution < -0.4 is 5.32 Å². The third-order valence-electron chi connectivity index (χ3n) is 3.91. The van der Waals surface area contributed by atoms with Gasteiger partial charge in [-0.25, -0.2) is 18.2 Å². The van der Waals surface area contributed by atoms with Gasteiger partial charge in [0.05, 0.1) is 18.7 Å². The van der Waals surface area contributed by atoms with Crippen molar-refractivity contribution in [3.05, 3.63) is 35.2 Å². The van der Waals surface area contributed by atoms with Gasteiger partial charge in [-0.1, -0.05) is 0 Å². The molecule has 1 unspecified atom stereocenters. The molecule has 1 aliphatic rings. The number of esters is 1. The van der Waals surface area contributed by atoms with Crippen LogP contribution in [0.25, 0.3) is 0 Å². The molecule has 0 radical (unpaired) electrons. The van der Waals surface area contributed by atoms with E-state index in [0.29, 0.717) is 25.5 Å². The van der Waals surface area contributed by atoms with Gasteiger partial charge in [0.25, 0.3) is 10.0 Å². The van der Waals surface area contributed by atoms with E-state index in [-0.39, 0.29) is 9.77 Å². The fraction of sp³-hybridized carbons (Fsp3) is 0.429. The minimum atomic E-state index is -3.72. The van der Waals surface area contributed by atoms with Crippen molar-refractivity contribution in [3.63, 3.8) is 0 Å². The largest absolute Gasteiger partial charge is 0.465 e. The van der Waals surface area contributed by atoms with Crippen LogP contribution in [0.2, 0.25) is 0 Å². The number of hydrogen-bond acceptors (Lipinski definition) is 7. The van der Waals surface area contributed by atoms with Crippen LogP contribution in [0.15, 0.2) is 28.0 Å². The maximum Gasteiger partial charge on any atom is 0.338 e. The van der Waals surface area contributed by atoms with Crippen molar-refractivity contribution in [1.29, 1.82) is 0 Å². The lowest BCUT2D eigenvalue weighted by atomic mass is 10.2. The van der Waals surface area contributed by atoms with Crippen LogP contribution in [0.4, 0.5) is 0 Å². The van der Waals surface area contributed by atoms with Gasteiger partial charge in [0.1, 0.15) is 10.0 Å². The van der Waals surface area contributed by atoms with Crippen LogP contribution in [-0.4, -0.2) is 55.0 Å². The second-order valence-electron chi connectivity index (χ2n) is 5.38. The van der Waals surface area contributed by atoms with Crippen molar-refractivity contribution >= 4 is 27.3 Å². The molecular formula is C14H18N4O4S2. The Hall–Kier alpha value is -1.75. The molecule has 10 heteroatoms. The van der Waals surface area contributed by atoms with Crippen molar-refractivity contribution in [2.75, 3.05) is 26.7 Å². The number of nitrogens with one attached hydrogen (secondary N) is 1. The average Bonchev–Trinajstić information content (AvgIpc) is 3.23. The number of aromatic nitrogens is 2. The molecule has 2 aromatic rings. The Morgan fingerprint density at radius 1 is 1.50 bits per heavy atom. The summed E-state index contributed by atoms with van der Waals surface area (Å²) < 4.78 is 34.1. The highest BCUT2D eigenvalue weighted by atomic mass is 32.2. The van der Waals surface area contributed by atoms with Crippen LogP contribution in [-0.2, 0) is 21.8 Å². The van der Waals surface area contributed by atoms with E-state index in [1.165, 1.54) is 22.9 Å². The molecule has 24 heavy (non-hydrogen) atoms. The number of methoxy groups -OCH3 is 1. The number of thiophene rings is 1. The molecule has 2 aromatic heterocycles. The van der Waals surface area contributed by atoms with Gasteiger partial charge >= 0.3 is 5.97 Å². The molecule has 1 fully saturated rings. The second-order valence-corrected chi connectivity index (χ2v) is 8.41. The normalized spacial score (nSPS) is 19.3. The van der Waals surface area contributed by atoms with Crippen LogP contribution in [0.5, 0.6) is 0 Å². The quantitative estimate of drug-likeness (QED) is 0.793. The fourth-order valence-corrected chi connectivity index (χ4v) is 5.55. The minimum Gasteiger partial charge on any atom is -0.465 e. The molecular weight excluding hydrogens is 352 g/mol. The van der Waals surface area contributed by atoms with E-state index in [2.05, 4.69) is 15.0 Å². The number of hydrogen-bond donors (Lipinski definition) is 1. The molecule has 0 aliphatic carbocycles. The number of nitrogens with zero attached hydrogens (tertiary/aromatic N) is 3. The van der Waals surface area contributed by atoms with E-state index in [1.54, 1.807) is 12.4 Å². The third kappa shape index (κ3) is 2.97. The maximum absolute atomic E-state index is 13.0. The minimum absolute atomic E-state index is 0.129. The molecule has 0 amide bonds. The predicted octanol–water partition coefficient (Wildman–Crippen LogP) is 0.603. The summed E-state index contributed by atoms with van der Waals surface area (Å²) in [6.45, 7) is 1.39. The number of carbonyl (C=O) groups is 1. The van der Waals surface area contributed by atoms with Crippen molar-refractivity contribution in [2.24, 2.45) is 7.05 Å². The highest BCUT2D eigenvalue weighted by Crippen LogP contribution is 2.31. The van der Waals surface area contributed by atoms with Crippen LogP contribution in [0.1, 0.15) is 22.2 Å². The van der Waals surface area contributed by atoms with E-state index in [4.69, 9.17) is 0 Å². The first-order chi connectivity index (χ1) is 11.4. The van der Waals surface area contributed by atoms with Crippen molar-refractivity contribution in [2.45, 2.75) is 10.3 Å². The Bertz CT molecular complexity index is 843. The van der Waals surface area contributed by atoms with Gasteiger partial charge in [0.15, 0.2) is 0 Å². The number of piperazine rings is 1. The zero-order valence-corrected chi connectivity index (χ0v) is 14.9. The van der Waals surface area contributed by atoms with Crippen LogP contribution in [0, 0.1) is 0 Å². The number of imidazole rings is 1. The summed E-state index contributed by atoms with van der Waals surface area (Å²) in [6, 6.07) is 0.969. The van der Waals surface area contributed by atoms with E-state index < -0.39 is 22.0 Å². The molecule has 0 saturated carbocycles. The molecule has 8 nitrogen and oxygen atoms in total. The van der Waals surface area contributed by atoms with Crippen molar-refractivity contribution < 1.29 is 17.9 Å². The smallest absolute Gasteiger partial charge is 0.338 e. The first kappa shape index (κ1) is 17.1. The summed E-state index contributed by atoms with van der Waals surface area (Å²) in [7, 11) is -0.623. The highest BCUT2D eigenvalue weighted by Gasteiger charge is 2.37. The zero-order chi connectivity index (χ0) is 17.3. The summed E-state index contributed by atoms with van der Waals surface area (Å²) in [5.74, 6) is 0.129. The highest BCUT2D eigenvalue weighted by molar-refractivity contribution is 7.91. The summed E-state index contributed by atoms with van der Waals surface area (Å²) in [5, 5.41) is 4.70. The summed E-state index contributed by atoms with van der Waals surface area (Å²) in [4.78, 5) is 15.9. The Morgan fingerprint density at radius 2 is 2.29 bits per heavy atom. The lowest BCUT2D eigenvalue weighted by Crippen LogP contribution is -2.49. The van der Waals surface area contributed by atoms with Gasteiger partial charge in [-0.3, -0.25) is 0 Å². The number of sulfonamides is 1. The molecule has 1 saturated heterocycles. The molecule has 3 rings (SSSR count). The zero-order valence-electron chi connectivity index (χ0n) is 13.3. The molecule has 0 spiro atoms. The topological polar surface area (TPSA) is 93.5 Å². The SMILES string of the molecule is COC(=O)c1csc(S(=O)(=O)N2CCNCC2c2nccn2C)c1. The lowest BCUT2D eigenvalue weighted by molar-refractivity contribution is 0.0601. The van der Waals surface area contributed by atoms with E-state index in [9.17, 15) is 13.2 Å². The molecule has 1 atom stereocenters. The third-order valence-corrected chi connectivity index (χ3v) is 7.23. The molecule has 0 bridgehead atoms. The van der Waals surface area contributed by atoms with Gasteiger partial charge in [0, 0.05) is 44.5 Å². The lowest BCUT2D eigenvalue weighted by Gasteiger charge is -2.34. The first-order valence-electron chi connectivity index (χ1n) is 7.31. The fourth-order valence-electron chi connectivity index (χ4n) is 2.68. The van der Waals surface area contributed by atoms with Gasteiger partial charge in [-0.15, -0.1) is 11.3 Å². The Kier molecular flexibility index (Phi) is 4.72. The van der Waals surface area contributed by atoms with Gasteiger partial charge in [-0.2, -0.15) is 4.31 Å². The van der Waals surface area contributed by atoms with Crippen molar-refractivity contribution in [3.8, 4) is 0 Å². The number of carbonyl (C=O) groups excluding carboxylic acids is 1. The standard InChI is InChI=1S/C14H18N4O4S2/c1-17-5-4-16-13(17)11-8-15-3-6-18(11)24(20,21)12-7-10(9-23-12)14(19)22-2/h4-5,7,9,11,15H,3,6,8H2,1-2H3. The number of ether oxygens (including phenoxy) is 1. The van der Waals surface area contributed by atoms with Gasteiger partial charge < -0.3 is 14.6 Å². The summed E-state index contributed by atoms with van der Waals surface area (Å²) in [5.41, 5.74) is 0.241. The summed E-state index contributed by atoms with van der Waals surface area (Å²) >= 11 is 1.02. The van der Waals surface area contributed by atoms with Crippen molar-refractivity contribution in [1.82, 2.24) is 19.2 Å². The van der Waals surface area contributed by atoms with Gasteiger partial charge in [0.2, 0.25) is 0 Å². The maximum atomic E-state index is 13.0. The van der Waals surface area contributed by atoms with Crippen LogP contribution >= 0.6 is 11.3 Å². The predicted molar refractivity (Wildman–Crippen MR) is 88.4 cm³/mol. The Labute approximate surface area is 144 Å². The number of rotatable bonds is 4. The molecule has 1 N–H and O–H groups in total. The first-order valence-corrected chi connectivity index (χ1v) is 9.63. The van der Waals surface area contributed by atoms with E-state index >= 15 is 0 Å². The molecule has 130 valence electrons. The van der Waals surface area contributed by atoms with Gasteiger partial charge in [-0.05, 0) is 6.07 Å². The summed E-state index contributed by atoms with van der Waals surface area (Å²) in [6.07, 6.45) is 3.43. The van der Waals surface area contributed by atoms with Crippen LogP contribution in [0.3, 0.4) is 0 Å². The van der Waals surface area contributed by atoms with E-state index in [0.717, 1.165) is 11.3 Å². The Balaban J connectivity index is 1.96. The molecule has 3 heterocycles. The molecule has 0 aromatic carbocycles. The van der Waals surface area contributed by atoms with E-state index in [1.807, 2.05) is 11.6 Å². The monoisotopic (exact) mass is 370 g/mol. The average molecular weight is 370 g/mol. The number of aryl methyl sites for hydroxylation is 1. The second kappa shape index (κ2) is 6.63. The Morgan fingerprint density at radius 3 is 2.96 bits per heavy atom.